The molecule has 0 saturated carbocycles. The van der Waals surface area contributed by atoms with Crippen molar-refractivity contribution in [2.24, 2.45) is 5.11 Å². The SMILES string of the molecule is COc1cc(Br)c(N=[N+]=[N-])c(C(c2ccc(C)o2)c2ccc(C)o2)c1OC. The fraction of sp³-hybridized carbons (Fsp3) is 0.263. The van der Waals surface area contributed by atoms with Gasteiger partial charge < -0.3 is 18.3 Å². The minimum absolute atomic E-state index is 0.378. The van der Waals surface area contributed by atoms with Gasteiger partial charge >= 0.3 is 0 Å². The van der Waals surface area contributed by atoms with Crippen LogP contribution in [0.1, 0.15) is 34.5 Å². The number of furan rings is 2. The minimum Gasteiger partial charge on any atom is -0.493 e. The molecule has 3 rings (SSSR count). The molecule has 0 saturated heterocycles. The molecule has 7 nitrogen and oxygen atoms in total. The van der Waals surface area contributed by atoms with Gasteiger partial charge in [-0.15, -0.1) is 0 Å². The first-order valence-corrected chi connectivity index (χ1v) is 8.91. The average Bonchev–Trinajstić information content (AvgIpc) is 3.26. The third-order valence-corrected chi connectivity index (χ3v) is 4.76. The molecule has 0 aliphatic heterocycles. The van der Waals surface area contributed by atoms with Gasteiger partial charge in [0.25, 0.3) is 0 Å². The maximum atomic E-state index is 9.11. The molecule has 0 aliphatic carbocycles. The molecule has 2 heterocycles. The van der Waals surface area contributed by atoms with E-state index in [1.807, 2.05) is 38.1 Å². The summed E-state index contributed by atoms with van der Waals surface area (Å²) in [5.74, 6) is 3.22. The molecule has 0 unspecified atom stereocenters. The van der Waals surface area contributed by atoms with Gasteiger partial charge in [-0.25, -0.2) is 0 Å². The fourth-order valence-corrected chi connectivity index (χ4v) is 3.54. The van der Waals surface area contributed by atoms with E-state index in [0.29, 0.717) is 38.7 Å². The summed E-state index contributed by atoms with van der Waals surface area (Å²) in [5.41, 5.74) is 10.1. The Morgan fingerprint density at radius 1 is 1.04 bits per heavy atom. The number of hydrogen-bond acceptors (Lipinski definition) is 5. The summed E-state index contributed by atoms with van der Waals surface area (Å²) in [4.78, 5) is 2.98. The van der Waals surface area contributed by atoms with Crippen LogP contribution in [-0.4, -0.2) is 14.2 Å². The van der Waals surface area contributed by atoms with Gasteiger partial charge in [0.1, 0.15) is 29.0 Å². The van der Waals surface area contributed by atoms with Crippen LogP contribution in [0.5, 0.6) is 11.5 Å². The number of methoxy groups -OCH3 is 2. The maximum absolute atomic E-state index is 9.11. The monoisotopic (exact) mass is 431 g/mol. The molecule has 8 heteroatoms. The first-order chi connectivity index (χ1) is 13.0. The zero-order chi connectivity index (χ0) is 19.6. The molecule has 0 amide bonds. The van der Waals surface area contributed by atoms with E-state index in [9.17, 15) is 0 Å². The molecule has 2 aromatic heterocycles. The fourth-order valence-electron chi connectivity index (χ4n) is 3.04. The van der Waals surface area contributed by atoms with Gasteiger partial charge in [0.2, 0.25) is 0 Å². The highest BCUT2D eigenvalue weighted by Gasteiger charge is 2.32. The number of aryl methyl sites for hydroxylation is 2. The zero-order valence-corrected chi connectivity index (χ0v) is 16.9. The normalized spacial score (nSPS) is 10.7. The highest BCUT2D eigenvalue weighted by Crippen LogP contribution is 2.50. The van der Waals surface area contributed by atoms with Crippen LogP contribution in [0.3, 0.4) is 0 Å². The lowest BCUT2D eigenvalue weighted by molar-refractivity contribution is 0.347. The summed E-state index contributed by atoms with van der Waals surface area (Å²) in [6.07, 6.45) is 0. The van der Waals surface area contributed by atoms with E-state index < -0.39 is 5.92 Å². The Morgan fingerprint density at radius 3 is 2.04 bits per heavy atom. The predicted molar refractivity (Wildman–Crippen MR) is 104 cm³/mol. The van der Waals surface area contributed by atoms with Crippen LogP contribution in [0.15, 0.2) is 48.8 Å². The number of ether oxygens (including phenoxy) is 2. The summed E-state index contributed by atoms with van der Waals surface area (Å²) in [7, 11) is 3.08. The van der Waals surface area contributed by atoms with Crippen LogP contribution in [0, 0.1) is 13.8 Å². The van der Waals surface area contributed by atoms with E-state index in [1.54, 1.807) is 13.2 Å². The van der Waals surface area contributed by atoms with Gasteiger partial charge in [-0.2, -0.15) is 0 Å². The largest absolute Gasteiger partial charge is 0.493 e. The lowest BCUT2D eigenvalue weighted by Gasteiger charge is -2.21. The molecule has 27 heavy (non-hydrogen) atoms. The van der Waals surface area contributed by atoms with Gasteiger partial charge in [0.05, 0.1) is 19.9 Å². The second-order valence-electron chi connectivity index (χ2n) is 5.88. The number of benzene rings is 1. The van der Waals surface area contributed by atoms with Crippen LogP contribution in [0.25, 0.3) is 10.4 Å². The maximum Gasteiger partial charge on any atom is 0.165 e. The van der Waals surface area contributed by atoms with Crippen molar-refractivity contribution < 1.29 is 18.3 Å². The second kappa shape index (κ2) is 7.82. The Balaban J connectivity index is 2.40. The number of rotatable bonds is 6. The number of azide groups is 1. The zero-order valence-electron chi connectivity index (χ0n) is 15.3. The Hall–Kier alpha value is -2.83. The molecule has 0 radical (unpaired) electrons. The molecule has 0 atom stereocenters. The van der Waals surface area contributed by atoms with Crippen molar-refractivity contribution in [3.05, 3.63) is 73.9 Å². The van der Waals surface area contributed by atoms with Gasteiger partial charge in [-0.3, -0.25) is 0 Å². The van der Waals surface area contributed by atoms with Gasteiger partial charge in [-0.1, -0.05) is 21.0 Å². The van der Waals surface area contributed by atoms with Crippen molar-refractivity contribution in [2.75, 3.05) is 14.2 Å². The Kier molecular flexibility index (Phi) is 5.48. The molecule has 0 N–H and O–H groups in total. The van der Waals surface area contributed by atoms with Crippen molar-refractivity contribution in [1.82, 2.24) is 0 Å². The Bertz CT molecular complexity index is 978. The molecule has 3 aromatic rings. The van der Waals surface area contributed by atoms with Gasteiger partial charge in [0.15, 0.2) is 11.5 Å². The first kappa shape index (κ1) is 18.9. The average molecular weight is 432 g/mol. The third kappa shape index (κ3) is 3.54. The van der Waals surface area contributed by atoms with E-state index in [-0.39, 0.29) is 0 Å². The molecular formula is C19H18BrN3O4. The highest BCUT2D eigenvalue weighted by molar-refractivity contribution is 9.10. The van der Waals surface area contributed by atoms with E-state index in [0.717, 1.165) is 11.5 Å². The Labute approximate surface area is 164 Å². The molecule has 0 fully saturated rings. The van der Waals surface area contributed by atoms with Crippen LogP contribution >= 0.6 is 15.9 Å². The van der Waals surface area contributed by atoms with Crippen molar-refractivity contribution in [3.8, 4) is 11.5 Å². The summed E-state index contributed by atoms with van der Waals surface area (Å²) in [6, 6.07) is 9.17. The van der Waals surface area contributed by atoms with Crippen LogP contribution in [0.2, 0.25) is 0 Å². The molecule has 0 aliphatic rings. The van der Waals surface area contributed by atoms with E-state index in [4.69, 9.17) is 23.8 Å². The number of hydrogen-bond donors (Lipinski definition) is 0. The van der Waals surface area contributed by atoms with E-state index in [2.05, 4.69) is 26.0 Å². The van der Waals surface area contributed by atoms with Gasteiger partial charge in [0, 0.05) is 14.9 Å². The topological polar surface area (TPSA) is 93.5 Å². The third-order valence-electron chi connectivity index (χ3n) is 4.16. The van der Waals surface area contributed by atoms with E-state index >= 15 is 0 Å². The van der Waals surface area contributed by atoms with Crippen LogP contribution < -0.4 is 9.47 Å². The Morgan fingerprint density at radius 2 is 1.63 bits per heavy atom. The van der Waals surface area contributed by atoms with Gasteiger partial charge in [-0.05, 0) is 49.7 Å². The van der Waals surface area contributed by atoms with Crippen LogP contribution in [0.4, 0.5) is 5.69 Å². The second-order valence-corrected chi connectivity index (χ2v) is 6.73. The van der Waals surface area contributed by atoms with Crippen LogP contribution in [-0.2, 0) is 0 Å². The first-order valence-electron chi connectivity index (χ1n) is 8.12. The number of nitrogens with zero attached hydrogens (tertiary/aromatic N) is 3. The summed E-state index contributed by atoms with van der Waals surface area (Å²) >= 11 is 3.47. The van der Waals surface area contributed by atoms with Crippen molar-refractivity contribution in [1.29, 1.82) is 0 Å². The van der Waals surface area contributed by atoms with Crippen molar-refractivity contribution in [3.63, 3.8) is 0 Å². The van der Waals surface area contributed by atoms with Crippen molar-refractivity contribution >= 4 is 21.6 Å². The smallest absolute Gasteiger partial charge is 0.165 e. The van der Waals surface area contributed by atoms with Crippen molar-refractivity contribution in [2.45, 2.75) is 19.8 Å². The summed E-state index contributed by atoms with van der Waals surface area (Å²) < 4.78 is 23.5. The number of halogens is 1. The molecule has 1 aromatic carbocycles. The minimum atomic E-state index is -0.491. The molecular weight excluding hydrogens is 414 g/mol. The summed E-state index contributed by atoms with van der Waals surface area (Å²) in [5, 5.41) is 3.89. The van der Waals surface area contributed by atoms with E-state index in [1.165, 1.54) is 7.11 Å². The summed E-state index contributed by atoms with van der Waals surface area (Å²) in [6.45, 7) is 3.72. The lowest BCUT2D eigenvalue weighted by Crippen LogP contribution is -2.06. The molecule has 140 valence electrons. The molecule has 0 bridgehead atoms. The molecule has 0 spiro atoms. The lowest BCUT2D eigenvalue weighted by atomic mass is 9.91. The standard InChI is InChI=1S/C19H18BrN3O4/c1-10-5-7-13(26-10)16(14-8-6-11(2)27-14)17-18(22-23-21)12(20)9-15(24-3)19(17)25-4/h5-9,16H,1-4H3. The highest BCUT2D eigenvalue weighted by atomic mass is 79.9. The quantitative estimate of drug-likeness (QED) is 0.256. The predicted octanol–water partition coefficient (Wildman–Crippen LogP) is 6.39.